The monoisotopic (exact) mass is 251 g/mol. The first kappa shape index (κ1) is 12.5. The summed E-state index contributed by atoms with van der Waals surface area (Å²) in [5.74, 6) is -1.49. The molecule has 2 heterocycles. The first-order valence-electron chi connectivity index (χ1n) is 5.86. The Morgan fingerprint density at radius 3 is 3.11 bits per heavy atom. The van der Waals surface area contributed by atoms with Crippen LogP contribution in [-0.4, -0.2) is 29.4 Å². The van der Waals surface area contributed by atoms with Crippen molar-refractivity contribution >= 4 is 11.8 Å². The number of pyridine rings is 1. The third kappa shape index (κ3) is 2.82. The predicted octanol–water partition coefficient (Wildman–Crippen LogP) is 0.619. The molecular weight excluding hydrogens is 237 g/mol. The smallest absolute Gasteiger partial charge is 0.255 e. The molecule has 0 bridgehead atoms. The Kier molecular flexibility index (Phi) is 3.86. The molecule has 1 aliphatic heterocycles. The molecular formula is C12H14FN3O2. The maximum absolute atomic E-state index is 13.3. The van der Waals surface area contributed by atoms with Crippen LogP contribution in [0.2, 0.25) is 0 Å². The molecule has 18 heavy (non-hydrogen) atoms. The van der Waals surface area contributed by atoms with E-state index < -0.39 is 17.8 Å². The van der Waals surface area contributed by atoms with E-state index in [-0.39, 0.29) is 11.5 Å². The fraction of sp³-hybridized carbons (Fsp3) is 0.417. The van der Waals surface area contributed by atoms with Gasteiger partial charge in [0.25, 0.3) is 5.91 Å². The summed E-state index contributed by atoms with van der Waals surface area (Å²) >= 11 is 0. The van der Waals surface area contributed by atoms with Crippen LogP contribution in [0.25, 0.3) is 0 Å². The number of hydrogen-bond acceptors (Lipinski definition) is 3. The van der Waals surface area contributed by atoms with E-state index >= 15 is 0 Å². The molecule has 2 N–H and O–H groups in total. The molecule has 1 saturated heterocycles. The van der Waals surface area contributed by atoms with Gasteiger partial charge in [0.05, 0.1) is 11.8 Å². The minimum Gasteiger partial charge on any atom is -0.354 e. The van der Waals surface area contributed by atoms with Crippen molar-refractivity contribution in [2.24, 2.45) is 0 Å². The fourth-order valence-electron chi connectivity index (χ4n) is 1.87. The van der Waals surface area contributed by atoms with Crippen molar-refractivity contribution in [3.63, 3.8) is 0 Å². The maximum atomic E-state index is 13.3. The van der Waals surface area contributed by atoms with Gasteiger partial charge in [-0.15, -0.1) is 0 Å². The number of hydrogen-bond donors (Lipinski definition) is 2. The molecule has 1 aromatic heterocycles. The van der Waals surface area contributed by atoms with Gasteiger partial charge in [0, 0.05) is 12.7 Å². The predicted molar refractivity (Wildman–Crippen MR) is 62.3 cm³/mol. The summed E-state index contributed by atoms with van der Waals surface area (Å²) in [7, 11) is 0. The van der Waals surface area contributed by atoms with E-state index in [4.69, 9.17) is 0 Å². The van der Waals surface area contributed by atoms with Crippen molar-refractivity contribution < 1.29 is 14.0 Å². The Balaban J connectivity index is 2.06. The van der Waals surface area contributed by atoms with E-state index in [1.807, 2.05) is 0 Å². The molecule has 0 aliphatic carbocycles. The SMILES string of the molecule is O=C(NC1CCCCNC1=O)c1ccncc1F. The summed E-state index contributed by atoms with van der Waals surface area (Å²) in [5, 5.41) is 5.25. The Morgan fingerprint density at radius 1 is 1.50 bits per heavy atom. The van der Waals surface area contributed by atoms with E-state index in [1.54, 1.807) is 0 Å². The van der Waals surface area contributed by atoms with Crippen molar-refractivity contribution in [3.05, 3.63) is 29.8 Å². The van der Waals surface area contributed by atoms with Crippen LogP contribution >= 0.6 is 0 Å². The highest BCUT2D eigenvalue weighted by atomic mass is 19.1. The number of nitrogens with one attached hydrogen (secondary N) is 2. The van der Waals surface area contributed by atoms with E-state index in [0.29, 0.717) is 13.0 Å². The summed E-state index contributed by atoms with van der Waals surface area (Å²) in [6.45, 7) is 0.620. The lowest BCUT2D eigenvalue weighted by atomic mass is 10.1. The minimum atomic E-state index is -0.691. The van der Waals surface area contributed by atoms with Crippen LogP contribution in [0.5, 0.6) is 0 Å². The van der Waals surface area contributed by atoms with Crippen LogP contribution in [-0.2, 0) is 4.79 Å². The summed E-state index contributed by atoms with van der Waals surface area (Å²) in [6.07, 6.45) is 4.63. The van der Waals surface area contributed by atoms with Gasteiger partial charge < -0.3 is 10.6 Å². The zero-order chi connectivity index (χ0) is 13.0. The zero-order valence-corrected chi connectivity index (χ0v) is 9.78. The van der Waals surface area contributed by atoms with Crippen LogP contribution in [0.15, 0.2) is 18.5 Å². The first-order chi connectivity index (χ1) is 8.68. The fourth-order valence-corrected chi connectivity index (χ4v) is 1.87. The minimum absolute atomic E-state index is 0.0953. The molecule has 1 fully saturated rings. The summed E-state index contributed by atoms with van der Waals surface area (Å²) in [4.78, 5) is 27.0. The van der Waals surface area contributed by atoms with E-state index in [9.17, 15) is 14.0 Å². The molecule has 1 unspecified atom stereocenters. The van der Waals surface area contributed by atoms with Crippen LogP contribution < -0.4 is 10.6 Å². The number of amides is 2. The summed E-state index contributed by atoms with van der Waals surface area (Å²) in [6, 6.07) is 0.701. The van der Waals surface area contributed by atoms with Gasteiger partial charge in [0.15, 0.2) is 5.82 Å². The number of halogens is 1. The van der Waals surface area contributed by atoms with Gasteiger partial charge in [-0.1, -0.05) is 0 Å². The molecule has 0 saturated carbocycles. The number of carbonyl (C=O) groups is 2. The molecule has 0 spiro atoms. The average molecular weight is 251 g/mol. The molecule has 2 rings (SSSR count). The highest BCUT2D eigenvalue weighted by Gasteiger charge is 2.23. The first-order valence-corrected chi connectivity index (χ1v) is 5.86. The van der Waals surface area contributed by atoms with E-state index in [1.165, 1.54) is 12.3 Å². The molecule has 1 aliphatic rings. The molecule has 1 atom stereocenters. The van der Waals surface area contributed by atoms with Gasteiger partial charge in [-0.2, -0.15) is 0 Å². The second-order valence-corrected chi connectivity index (χ2v) is 4.17. The third-order valence-corrected chi connectivity index (χ3v) is 2.86. The Hall–Kier alpha value is -1.98. The van der Waals surface area contributed by atoms with Crippen molar-refractivity contribution in [3.8, 4) is 0 Å². The van der Waals surface area contributed by atoms with Crippen molar-refractivity contribution in [2.75, 3.05) is 6.54 Å². The molecule has 96 valence electrons. The number of rotatable bonds is 2. The van der Waals surface area contributed by atoms with Crippen LogP contribution in [0.3, 0.4) is 0 Å². The molecule has 1 aromatic rings. The molecule has 2 amide bonds. The molecule has 5 nitrogen and oxygen atoms in total. The summed E-state index contributed by atoms with van der Waals surface area (Å²) in [5.41, 5.74) is -0.0953. The largest absolute Gasteiger partial charge is 0.354 e. The zero-order valence-electron chi connectivity index (χ0n) is 9.78. The third-order valence-electron chi connectivity index (χ3n) is 2.86. The van der Waals surface area contributed by atoms with Crippen LogP contribution in [0.1, 0.15) is 29.6 Å². The van der Waals surface area contributed by atoms with Gasteiger partial charge >= 0.3 is 0 Å². The number of nitrogens with zero attached hydrogens (tertiary/aromatic N) is 1. The number of aromatic nitrogens is 1. The Morgan fingerprint density at radius 2 is 2.33 bits per heavy atom. The van der Waals surface area contributed by atoms with Gasteiger partial charge in [0.2, 0.25) is 5.91 Å². The standard InChI is InChI=1S/C12H14FN3O2/c13-9-7-14-6-4-8(9)11(17)16-10-3-1-2-5-15-12(10)18/h4,6-7,10H,1-3,5H2,(H,15,18)(H,16,17). The van der Waals surface area contributed by atoms with Crippen LogP contribution in [0.4, 0.5) is 4.39 Å². The normalized spacial score (nSPS) is 19.8. The molecule has 0 aromatic carbocycles. The van der Waals surface area contributed by atoms with E-state index in [0.717, 1.165) is 19.0 Å². The van der Waals surface area contributed by atoms with E-state index in [2.05, 4.69) is 15.6 Å². The quantitative estimate of drug-likeness (QED) is 0.809. The number of carbonyl (C=O) groups excluding carboxylic acids is 2. The lowest BCUT2D eigenvalue weighted by Crippen LogP contribution is -2.45. The second kappa shape index (κ2) is 5.57. The van der Waals surface area contributed by atoms with Crippen molar-refractivity contribution in [2.45, 2.75) is 25.3 Å². The average Bonchev–Trinajstić information content (AvgIpc) is 2.55. The topological polar surface area (TPSA) is 71.1 Å². The molecule has 0 radical (unpaired) electrons. The Bertz CT molecular complexity index is 464. The van der Waals surface area contributed by atoms with Gasteiger partial charge in [-0.3, -0.25) is 14.6 Å². The highest BCUT2D eigenvalue weighted by molar-refractivity contribution is 5.97. The van der Waals surface area contributed by atoms with Crippen molar-refractivity contribution in [1.29, 1.82) is 0 Å². The van der Waals surface area contributed by atoms with Crippen LogP contribution in [0, 0.1) is 5.82 Å². The molecule has 6 heteroatoms. The van der Waals surface area contributed by atoms with Gasteiger partial charge in [-0.25, -0.2) is 4.39 Å². The lowest BCUT2D eigenvalue weighted by molar-refractivity contribution is -0.122. The highest BCUT2D eigenvalue weighted by Crippen LogP contribution is 2.08. The summed E-state index contributed by atoms with van der Waals surface area (Å²) < 4.78 is 13.3. The second-order valence-electron chi connectivity index (χ2n) is 4.17. The Labute approximate surface area is 104 Å². The lowest BCUT2D eigenvalue weighted by Gasteiger charge is -2.15. The maximum Gasteiger partial charge on any atom is 0.255 e. The van der Waals surface area contributed by atoms with Crippen molar-refractivity contribution in [1.82, 2.24) is 15.6 Å². The van der Waals surface area contributed by atoms with Gasteiger partial charge in [-0.05, 0) is 25.3 Å². The van der Waals surface area contributed by atoms with Gasteiger partial charge in [0.1, 0.15) is 6.04 Å².